The van der Waals surface area contributed by atoms with Gasteiger partial charge in [-0.1, -0.05) is 12.6 Å². The molecular formula is C3H6N4OS3. The number of nitrogens with two attached hydrogens (primary N) is 2. The van der Waals surface area contributed by atoms with Crippen molar-refractivity contribution in [2.45, 2.75) is 0 Å². The van der Waals surface area contributed by atoms with Gasteiger partial charge in [0.1, 0.15) is 0 Å². The van der Waals surface area contributed by atoms with Crippen LogP contribution in [-0.4, -0.2) is 20.5 Å². The van der Waals surface area contributed by atoms with Crippen LogP contribution in [0.5, 0.6) is 0 Å². The third-order valence-corrected chi connectivity index (χ3v) is 1.11. The Morgan fingerprint density at radius 1 is 1.45 bits per heavy atom. The summed E-state index contributed by atoms with van der Waals surface area (Å²) in [5, 5.41) is -0.232. The Hall–Kier alpha value is -0.600. The highest BCUT2D eigenvalue weighted by molar-refractivity contribution is 7.96. The molecule has 5 nitrogen and oxygen atoms in total. The van der Waals surface area contributed by atoms with Gasteiger partial charge in [-0.2, -0.15) is 5.01 Å². The first-order valence-corrected chi connectivity index (χ1v) is 3.60. The molecule has 0 aliphatic rings. The summed E-state index contributed by atoms with van der Waals surface area (Å²) < 4.78 is 0. The number of rotatable bonds is 0. The first-order chi connectivity index (χ1) is 4.95. The summed E-state index contributed by atoms with van der Waals surface area (Å²) in [6.45, 7) is 0. The van der Waals surface area contributed by atoms with E-state index in [2.05, 4.69) is 42.5 Å². The smallest absolute Gasteiger partial charge is 0.303 e. The number of hydrogen-bond donors (Lipinski definition) is 4. The van der Waals surface area contributed by atoms with E-state index in [1.807, 2.05) is 0 Å². The molecule has 62 valence electrons. The summed E-state index contributed by atoms with van der Waals surface area (Å²) in [6, 6.07) is 0. The van der Waals surface area contributed by atoms with Crippen molar-refractivity contribution in [2.24, 2.45) is 11.5 Å². The molecule has 11 heavy (non-hydrogen) atoms. The van der Waals surface area contributed by atoms with Crippen LogP contribution in [0.1, 0.15) is 0 Å². The monoisotopic (exact) mass is 210 g/mol. The maximum Gasteiger partial charge on any atom is 0.303 e. The largest absolute Gasteiger partial charge is 0.375 e. The maximum absolute atomic E-state index is 10.6. The summed E-state index contributed by atoms with van der Waals surface area (Å²) in [5.41, 5.74) is 12.4. The van der Waals surface area contributed by atoms with Gasteiger partial charge in [0, 0.05) is 0 Å². The highest BCUT2D eigenvalue weighted by Crippen LogP contribution is 1.90. The number of nitrogens with one attached hydrogen (secondary N) is 1. The lowest BCUT2D eigenvalue weighted by Crippen LogP contribution is -2.51. The number of thiocarbonyl (C=S) groups is 2. The summed E-state index contributed by atoms with van der Waals surface area (Å²) in [7, 11) is 0. The molecule has 0 heterocycles. The molecule has 0 rings (SSSR count). The molecule has 0 radical (unpaired) electrons. The Morgan fingerprint density at radius 3 is 2.00 bits per heavy atom. The summed E-state index contributed by atoms with van der Waals surface area (Å²) in [5.74, 6) is 0. The van der Waals surface area contributed by atoms with Gasteiger partial charge in [-0.15, -0.1) is 0 Å². The van der Waals surface area contributed by atoms with E-state index in [-0.39, 0.29) is 10.2 Å². The number of nitrogens with zero attached hydrogens (tertiary/aromatic N) is 1. The fourth-order valence-corrected chi connectivity index (χ4v) is 0.753. The van der Waals surface area contributed by atoms with Crippen LogP contribution in [0.4, 0.5) is 4.79 Å². The van der Waals surface area contributed by atoms with Gasteiger partial charge < -0.3 is 11.5 Å². The third kappa shape index (κ3) is 3.96. The van der Waals surface area contributed by atoms with E-state index in [1.165, 1.54) is 0 Å². The zero-order valence-electron chi connectivity index (χ0n) is 5.27. The predicted octanol–water partition coefficient (Wildman–Crippen LogP) is -0.670. The lowest BCUT2D eigenvalue weighted by atomic mass is 10.9. The summed E-state index contributed by atoms with van der Waals surface area (Å²) >= 11 is 12.4. The lowest BCUT2D eigenvalue weighted by molar-refractivity contribution is 0.240. The zero-order valence-corrected chi connectivity index (χ0v) is 7.80. The van der Waals surface area contributed by atoms with Gasteiger partial charge in [0.05, 0.1) is 0 Å². The molecule has 5 N–H and O–H groups in total. The number of thiol groups is 1. The standard InChI is InChI=1S/C3H6N4OS3/c4-1(9)6-7(2(5)10)3(8)11/h(H2,5,10)(H,8,11)(H3,4,6,9). The summed E-state index contributed by atoms with van der Waals surface area (Å²) in [4.78, 5) is 10.6. The van der Waals surface area contributed by atoms with Crippen LogP contribution in [0.3, 0.4) is 0 Å². The van der Waals surface area contributed by atoms with Gasteiger partial charge in [-0.25, -0.2) is 0 Å². The van der Waals surface area contributed by atoms with Gasteiger partial charge in [0.25, 0.3) is 0 Å². The Morgan fingerprint density at radius 2 is 1.91 bits per heavy atom. The minimum absolute atomic E-state index is 0.111. The van der Waals surface area contributed by atoms with Crippen molar-refractivity contribution in [3.05, 3.63) is 0 Å². The Labute approximate surface area is 79.5 Å². The average Bonchev–Trinajstić information content (AvgIpc) is 1.81. The first kappa shape index (κ1) is 10.4. The van der Waals surface area contributed by atoms with Crippen molar-refractivity contribution < 1.29 is 4.79 Å². The number of amides is 1. The van der Waals surface area contributed by atoms with Gasteiger partial charge in [0.15, 0.2) is 10.2 Å². The summed E-state index contributed by atoms with van der Waals surface area (Å²) in [6.07, 6.45) is 0. The van der Waals surface area contributed by atoms with Crippen molar-refractivity contribution in [2.75, 3.05) is 0 Å². The Balaban J connectivity index is 4.23. The maximum atomic E-state index is 10.6. The Bertz CT molecular complexity index is 191. The van der Waals surface area contributed by atoms with E-state index in [9.17, 15) is 4.79 Å². The first-order valence-electron chi connectivity index (χ1n) is 2.33. The molecule has 0 aromatic rings. The quantitative estimate of drug-likeness (QED) is 0.241. The van der Waals surface area contributed by atoms with Gasteiger partial charge in [-0.05, 0) is 24.4 Å². The second-order valence-electron chi connectivity index (χ2n) is 1.43. The molecule has 0 bridgehead atoms. The highest BCUT2D eigenvalue weighted by Gasteiger charge is 2.11. The molecule has 0 aliphatic carbocycles. The molecule has 0 aromatic heterocycles. The van der Waals surface area contributed by atoms with Crippen LogP contribution in [0.15, 0.2) is 0 Å². The molecular weight excluding hydrogens is 204 g/mol. The molecule has 0 atom stereocenters. The molecule has 0 unspecified atom stereocenters. The fourth-order valence-electron chi connectivity index (χ4n) is 0.307. The van der Waals surface area contributed by atoms with Crippen LogP contribution >= 0.6 is 37.1 Å². The topological polar surface area (TPSA) is 84.4 Å². The van der Waals surface area contributed by atoms with Crippen LogP contribution in [-0.2, 0) is 0 Å². The van der Waals surface area contributed by atoms with Gasteiger partial charge in [-0.3, -0.25) is 10.2 Å². The number of hydrogen-bond acceptors (Lipinski definition) is 3. The average molecular weight is 210 g/mol. The van der Waals surface area contributed by atoms with Crippen molar-refractivity contribution in [3.63, 3.8) is 0 Å². The molecule has 0 saturated carbocycles. The van der Waals surface area contributed by atoms with E-state index >= 15 is 0 Å². The van der Waals surface area contributed by atoms with Crippen LogP contribution in [0.2, 0.25) is 0 Å². The molecule has 0 aliphatic heterocycles. The molecule has 1 amide bonds. The van der Waals surface area contributed by atoms with Gasteiger partial charge in [0.2, 0.25) is 0 Å². The fraction of sp³-hybridized carbons (Fsp3) is 0. The highest BCUT2D eigenvalue weighted by atomic mass is 32.1. The van der Waals surface area contributed by atoms with Crippen molar-refractivity contribution in [1.29, 1.82) is 0 Å². The number of carbonyl (C=O) groups excluding carboxylic acids is 1. The zero-order chi connectivity index (χ0) is 9.02. The molecule has 0 fully saturated rings. The van der Waals surface area contributed by atoms with Gasteiger partial charge >= 0.3 is 5.24 Å². The van der Waals surface area contributed by atoms with E-state index in [0.29, 0.717) is 0 Å². The minimum atomic E-state index is -0.676. The Kier molecular flexibility index (Phi) is 4.08. The van der Waals surface area contributed by atoms with E-state index < -0.39 is 5.24 Å². The van der Waals surface area contributed by atoms with Crippen LogP contribution in [0.25, 0.3) is 0 Å². The number of hydrazine groups is 1. The normalized spacial score (nSPS) is 8.45. The molecule has 0 saturated heterocycles. The van der Waals surface area contributed by atoms with Crippen molar-refractivity contribution >= 4 is 52.5 Å². The van der Waals surface area contributed by atoms with Crippen molar-refractivity contribution in [3.8, 4) is 0 Å². The van der Waals surface area contributed by atoms with E-state index in [1.54, 1.807) is 0 Å². The number of carbonyl (C=O) groups is 1. The SMILES string of the molecule is NC(=S)NN(C(=O)S)C(N)=S. The second kappa shape index (κ2) is 4.31. The minimum Gasteiger partial charge on any atom is -0.375 e. The van der Waals surface area contributed by atoms with Crippen LogP contribution in [0, 0.1) is 0 Å². The van der Waals surface area contributed by atoms with Crippen molar-refractivity contribution in [1.82, 2.24) is 10.4 Å². The van der Waals surface area contributed by atoms with E-state index in [0.717, 1.165) is 5.01 Å². The molecule has 0 aromatic carbocycles. The lowest BCUT2D eigenvalue weighted by Gasteiger charge is -2.18. The van der Waals surface area contributed by atoms with Crippen LogP contribution < -0.4 is 16.9 Å². The third-order valence-electron chi connectivity index (χ3n) is 0.634. The molecule has 0 spiro atoms. The van der Waals surface area contributed by atoms with E-state index in [4.69, 9.17) is 11.5 Å². The molecule has 8 heteroatoms. The second-order valence-corrected chi connectivity index (χ2v) is 2.67. The predicted molar refractivity (Wildman–Crippen MR) is 52.9 cm³/mol.